The van der Waals surface area contributed by atoms with Crippen LogP contribution in [0.25, 0.3) is 0 Å². The Bertz CT molecular complexity index is 315. The fourth-order valence-corrected chi connectivity index (χ4v) is 1.64. The molecular weight excluding hydrogens is 222 g/mol. The van der Waals surface area contributed by atoms with Crippen LogP contribution in [-0.4, -0.2) is 42.3 Å². The van der Waals surface area contributed by atoms with E-state index in [9.17, 15) is 9.59 Å². The molecule has 1 aliphatic carbocycles. The maximum atomic E-state index is 11.9. The van der Waals surface area contributed by atoms with Gasteiger partial charge in [0.05, 0.1) is 19.1 Å². The molecule has 0 atom stereocenters. The molecule has 0 saturated heterocycles. The molecule has 0 radical (unpaired) electrons. The molecule has 98 valence electrons. The van der Waals surface area contributed by atoms with Gasteiger partial charge < -0.3 is 14.4 Å². The van der Waals surface area contributed by atoms with Gasteiger partial charge in [0.1, 0.15) is 5.60 Å². The van der Waals surface area contributed by atoms with Crippen LogP contribution in [0.15, 0.2) is 0 Å². The molecule has 0 heterocycles. The first-order chi connectivity index (χ1) is 7.70. The van der Waals surface area contributed by atoms with Crippen LogP contribution in [0, 0.1) is 0 Å². The second-order valence-corrected chi connectivity index (χ2v) is 5.52. The minimum atomic E-state index is -0.521. The lowest BCUT2D eigenvalue weighted by atomic mass is 10.1. The van der Waals surface area contributed by atoms with Crippen LogP contribution in [0.5, 0.6) is 0 Å². The Morgan fingerprint density at radius 3 is 2.18 bits per heavy atom. The SMILES string of the molecule is COC(=O)CC1(N(C)C(=O)OC(C)(C)C)CC1. The van der Waals surface area contributed by atoms with Gasteiger partial charge in [-0.1, -0.05) is 0 Å². The molecule has 0 unspecified atom stereocenters. The normalized spacial score (nSPS) is 17.2. The summed E-state index contributed by atoms with van der Waals surface area (Å²) >= 11 is 0. The van der Waals surface area contributed by atoms with Crippen LogP contribution < -0.4 is 0 Å². The summed E-state index contributed by atoms with van der Waals surface area (Å²) in [7, 11) is 3.02. The summed E-state index contributed by atoms with van der Waals surface area (Å²) in [5.41, 5.74) is -0.915. The molecular formula is C12H21NO4. The molecule has 17 heavy (non-hydrogen) atoms. The molecule has 0 aliphatic heterocycles. The molecule has 0 aromatic heterocycles. The Morgan fingerprint density at radius 2 is 1.82 bits per heavy atom. The predicted molar refractivity (Wildman–Crippen MR) is 62.6 cm³/mol. The van der Waals surface area contributed by atoms with Crippen LogP contribution in [-0.2, 0) is 14.3 Å². The second-order valence-electron chi connectivity index (χ2n) is 5.52. The van der Waals surface area contributed by atoms with Gasteiger partial charge in [-0.3, -0.25) is 4.79 Å². The van der Waals surface area contributed by atoms with E-state index in [0.29, 0.717) is 0 Å². The highest BCUT2D eigenvalue weighted by Gasteiger charge is 2.51. The number of nitrogens with zero attached hydrogens (tertiary/aromatic N) is 1. The van der Waals surface area contributed by atoms with E-state index in [2.05, 4.69) is 4.74 Å². The van der Waals surface area contributed by atoms with Gasteiger partial charge in [-0.2, -0.15) is 0 Å². The van der Waals surface area contributed by atoms with Gasteiger partial charge in [-0.05, 0) is 33.6 Å². The van der Waals surface area contributed by atoms with Crippen molar-refractivity contribution in [3.63, 3.8) is 0 Å². The van der Waals surface area contributed by atoms with Gasteiger partial charge in [-0.25, -0.2) is 4.79 Å². The average Bonchev–Trinajstić information content (AvgIpc) is 2.95. The zero-order valence-corrected chi connectivity index (χ0v) is 11.2. The van der Waals surface area contributed by atoms with E-state index < -0.39 is 11.1 Å². The number of carbonyl (C=O) groups excluding carboxylic acids is 2. The van der Waals surface area contributed by atoms with E-state index >= 15 is 0 Å². The topological polar surface area (TPSA) is 55.8 Å². The smallest absolute Gasteiger partial charge is 0.410 e. The number of rotatable bonds is 3. The fourth-order valence-electron chi connectivity index (χ4n) is 1.64. The van der Waals surface area contributed by atoms with Crippen molar-refractivity contribution in [2.75, 3.05) is 14.2 Å². The number of esters is 1. The zero-order chi connectivity index (χ0) is 13.3. The van der Waals surface area contributed by atoms with E-state index in [1.54, 1.807) is 7.05 Å². The molecule has 1 saturated carbocycles. The van der Waals surface area contributed by atoms with Crippen molar-refractivity contribution in [3.8, 4) is 0 Å². The molecule has 1 rings (SSSR count). The molecule has 1 aliphatic rings. The fraction of sp³-hybridized carbons (Fsp3) is 0.833. The molecule has 0 bridgehead atoms. The van der Waals surface area contributed by atoms with Crippen LogP contribution in [0.1, 0.15) is 40.0 Å². The van der Waals surface area contributed by atoms with Crippen molar-refractivity contribution in [2.45, 2.75) is 51.2 Å². The van der Waals surface area contributed by atoms with Crippen LogP contribution in [0.4, 0.5) is 4.79 Å². The average molecular weight is 243 g/mol. The maximum absolute atomic E-state index is 11.9. The summed E-state index contributed by atoms with van der Waals surface area (Å²) in [6.45, 7) is 5.45. The molecule has 1 amide bonds. The first-order valence-corrected chi connectivity index (χ1v) is 5.74. The van der Waals surface area contributed by atoms with Gasteiger partial charge in [0, 0.05) is 7.05 Å². The van der Waals surface area contributed by atoms with Gasteiger partial charge in [0.2, 0.25) is 0 Å². The van der Waals surface area contributed by atoms with E-state index in [0.717, 1.165) is 12.8 Å². The van der Waals surface area contributed by atoms with Crippen molar-refractivity contribution in [1.29, 1.82) is 0 Å². The summed E-state index contributed by atoms with van der Waals surface area (Å²) in [6, 6.07) is 0. The third kappa shape index (κ3) is 3.61. The Balaban J connectivity index is 2.60. The van der Waals surface area contributed by atoms with Crippen molar-refractivity contribution in [2.24, 2.45) is 0 Å². The second kappa shape index (κ2) is 4.55. The van der Waals surface area contributed by atoms with E-state index in [1.165, 1.54) is 12.0 Å². The van der Waals surface area contributed by atoms with Crippen LogP contribution in [0.2, 0.25) is 0 Å². The van der Waals surface area contributed by atoms with Gasteiger partial charge in [0.25, 0.3) is 0 Å². The quantitative estimate of drug-likeness (QED) is 0.711. The highest BCUT2D eigenvalue weighted by atomic mass is 16.6. The largest absolute Gasteiger partial charge is 0.469 e. The lowest BCUT2D eigenvalue weighted by Crippen LogP contribution is -2.43. The van der Waals surface area contributed by atoms with Crippen molar-refractivity contribution in [3.05, 3.63) is 0 Å². The summed E-state index contributed by atoms with van der Waals surface area (Å²) in [5.74, 6) is -0.294. The standard InChI is InChI=1S/C12H21NO4/c1-11(2,3)17-10(15)13(4)12(6-7-12)8-9(14)16-5/h6-8H2,1-5H3. The van der Waals surface area contributed by atoms with E-state index in [1.807, 2.05) is 20.8 Å². The number of methoxy groups -OCH3 is 1. The summed E-state index contributed by atoms with van der Waals surface area (Å²) < 4.78 is 9.92. The third-order valence-electron chi connectivity index (χ3n) is 2.91. The van der Waals surface area contributed by atoms with Crippen LogP contribution >= 0.6 is 0 Å². The molecule has 0 aromatic rings. The first kappa shape index (κ1) is 13.8. The van der Waals surface area contributed by atoms with E-state index in [4.69, 9.17) is 4.74 Å². The Kier molecular flexibility index (Phi) is 3.69. The lowest BCUT2D eigenvalue weighted by molar-refractivity contribution is -0.142. The molecule has 0 aromatic carbocycles. The number of hydrogen-bond donors (Lipinski definition) is 0. The number of amides is 1. The minimum absolute atomic E-state index is 0.235. The number of hydrogen-bond acceptors (Lipinski definition) is 4. The zero-order valence-electron chi connectivity index (χ0n) is 11.2. The van der Waals surface area contributed by atoms with E-state index in [-0.39, 0.29) is 18.5 Å². The Labute approximate surface area is 102 Å². The molecule has 0 N–H and O–H groups in total. The van der Waals surface area contributed by atoms with Gasteiger partial charge >= 0.3 is 12.1 Å². The molecule has 1 fully saturated rings. The maximum Gasteiger partial charge on any atom is 0.410 e. The number of carbonyl (C=O) groups is 2. The Hall–Kier alpha value is -1.26. The van der Waals surface area contributed by atoms with Gasteiger partial charge in [0.15, 0.2) is 0 Å². The van der Waals surface area contributed by atoms with Crippen molar-refractivity contribution >= 4 is 12.1 Å². The molecule has 5 heteroatoms. The first-order valence-electron chi connectivity index (χ1n) is 5.74. The molecule has 0 spiro atoms. The highest BCUT2D eigenvalue weighted by molar-refractivity contribution is 5.75. The summed E-state index contributed by atoms with van der Waals surface area (Å²) in [5, 5.41) is 0. The molecule has 5 nitrogen and oxygen atoms in total. The minimum Gasteiger partial charge on any atom is -0.469 e. The van der Waals surface area contributed by atoms with Crippen LogP contribution in [0.3, 0.4) is 0 Å². The predicted octanol–water partition coefficient (Wildman–Crippen LogP) is 1.95. The summed E-state index contributed by atoms with van der Waals surface area (Å²) in [6.07, 6.45) is 1.48. The highest BCUT2D eigenvalue weighted by Crippen LogP contribution is 2.44. The number of ether oxygens (including phenoxy) is 2. The van der Waals surface area contributed by atoms with Crippen molar-refractivity contribution in [1.82, 2.24) is 4.90 Å². The lowest BCUT2D eigenvalue weighted by Gasteiger charge is -2.30. The third-order valence-corrected chi connectivity index (χ3v) is 2.91. The monoisotopic (exact) mass is 243 g/mol. The Morgan fingerprint density at radius 1 is 1.29 bits per heavy atom. The summed E-state index contributed by atoms with van der Waals surface area (Å²) in [4.78, 5) is 24.7. The van der Waals surface area contributed by atoms with Gasteiger partial charge in [-0.15, -0.1) is 0 Å². The van der Waals surface area contributed by atoms with Crippen molar-refractivity contribution < 1.29 is 19.1 Å².